The summed E-state index contributed by atoms with van der Waals surface area (Å²) in [7, 11) is 0. The van der Waals surface area contributed by atoms with Crippen molar-refractivity contribution in [3.05, 3.63) is 10.2 Å². The summed E-state index contributed by atoms with van der Waals surface area (Å²) >= 11 is 6.07. The number of halogens is 1. The van der Waals surface area contributed by atoms with Crippen LogP contribution in [0.5, 0.6) is 0 Å². The van der Waals surface area contributed by atoms with Crippen LogP contribution in [0, 0.1) is 0 Å². The van der Waals surface area contributed by atoms with Crippen LogP contribution in [0.25, 0.3) is 0 Å². The lowest BCUT2D eigenvalue weighted by molar-refractivity contribution is 1.84. The van der Waals surface area contributed by atoms with Gasteiger partial charge in [-0.25, -0.2) is 0 Å². The third-order valence-corrected chi connectivity index (χ3v) is 0.914. The number of hydrogen-bond donors (Lipinski definition) is 1. The van der Waals surface area contributed by atoms with Gasteiger partial charge < -0.3 is 0 Å². The van der Waals surface area contributed by atoms with E-state index in [-0.39, 0.29) is 0 Å². The summed E-state index contributed by atoms with van der Waals surface area (Å²) in [6.45, 7) is 0. The number of hydrogen-bond acceptors (Lipinski definition) is 1. The maximum absolute atomic E-state index is 3.91. The Morgan fingerprint density at radius 2 is 2.40 bits per heavy atom. The Labute approximate surface area is 51.2 Å². The van der Waals surface area contributed by atoms with Crippen molar-refractivity contribution < 1.29 is 0 Å². The fourth-order valence-corrected chi connectivity index (χ4v) is 0.802. The van der Waals surface area contributed by atoms with Crippen LogP contribution in [0.1, 0.15) is 0 Å². The Morgan fingerprint density at radius 3 is 2.40 bits per heavy atom. The van der Waals surface area contributed by atoms with Crippen molar-refractivity contribution in [1.29, 1.82) is 0 Å². The Hall–Kier alpha value is 0.820. The van der Waals surface area contributed by atoms with E-state index in [0.717, 1.165) is 5.75 Å². The van der Waals surface area contributed by atoms with Crippen LogP contribution >= 0.6 is 35.2 Å². The molecule has 0 atom stereocenters. The minimum Gasteiger partial charge on any atom is -0.175 e. The monoisotopic (exact) mass is 200 g/mol. The molecule has 0 radical (unpaired) electrons. The van der Waals surface area contributed by atoms with E-state index in [0.29, 0.717) is 0 Å². The molecule has 0 amide bonds. The van der Waals surface area contributed by atoms with Gasteiger partial charge in [-0.15, -0.1) is 0 Å². The molecule has 30 valence electrons. The molecule has 2 heteroatoms. The normalized spacial score (nSPS) is 10.0. The molecule has 0 unspecified atom stereocenters. The highest BCUT2D eigenvalue weighted by molar-refractivity contribution is 14.1. The highest BCUT2D eigenvalue weighted by Gasteiger charge is 1.54. The van der Waals surface area contributed by atoms with Gasteiger partial charge in [-0.2, -0.15) is 12.6 Å². The summed E-state index contributed by atoms with van der Waals surface area (Å²) in [6.07, 6.45) is 1.98. The second-order valence-electron chi connectivity index (χ2n) is 0.544. The van der Waals surface area contributed by atoms with E-state index in [2.05, 4.69) is 35.2 Å². The first-order valence-corrected chi connectivity index (χ1v) is 3.15. The molecule has 0 saturated heterocycles. The smallest absolute Gasteiger partial charge is 0.00900 e. The van der Waals surface area contributed by atoms with Gasteiger partial charge >= 0.3 is 0 Å². The van der Waals surface area contributed by atoms with Gasteiger partial charge in [-0.05, 0) is 4.08 Å². The van der Waals surface area contributed by atoms with E-state index in [1.165, 1.54) is 0 Å². The highest BCUT2D eigenvalue weighted by atomic mass is 127. The van der Waals surface area contributed by atoms with Crippen molar-refractivity contribution >= 4 is 35.2 Å². The Morgan fingerprint density at radius 1 is 1.80 bits per heavy atom. The maximum Gasteiger partial charge on any atom is 0.00900 e. The van der Waals surface area contributed by atoms with E-state index >= 15 is 0 Å². The lowest BCUT2D eigenvalue weighted by atomic mass is 10.8. The molecule has 0 aromatic heterocycles. The standard InChI is InChI=1S/C3H5IS/c4-2-1-3-5/h1-2,5H,3H2. The summed E-state index contributed by atoms with van der Waals surface area (Å²) in [5.74, 6) is 0.850. The largest absolute Gasteiger partial charge is 0.175 e. The molecule has 0 saturated carbocycles. The first-order valence-electron chi connectivity index (χ1n) is 1.28. The van der Waals surface area contributed by atoms with Gasteiger partial charge in [0, 0.05) is 5.75 Å². The lowest BCUT2D eigenvalue weighted by Gasteiger charge is -1.63. The zero-order valence-electron chi connectivity index (χ0n) is 2.69. The third-order valence-electron chi connectivity index (χ3n) is 0.194. The van der Waals surface area contributed by atoms with Crippen LogP contribution in [0.4, 0.5) is 0 Å². The molecule has 0 aromatic rings. The van der Waals surface area contributed by atoms with Crippen molar-refractivity contribution in [2.24, 2.45) is 0 Å². The first-order chi connectivity index (χ1) is 2.41. The van der Waals surface area contributed by atoms with Gasteiger partial charge in [0.15, 0.2) is 0 Å². The van der Waals surface area contributed by atoms with E-state index in [1.54, 1.807) is 0 Å². The summed E-state index contributed by atoms with van der Waals surface area (Å²) in [6, 6.07) is 0. The van der Waals surface area contributed by atoms with Crippen molar-refractivity contribution in [2.45, 2.75) is 0 Å². The van der Waals surface area contributed by atoms with Crippen LogP contribution < -0.4 is 0 Å². The van der Waals surface area contributed by atoms with Crippen LogP contribution in [0.3, 0.4) is 0 Å². The molecule has 0 spiro atoms. The minimum atomic E-state index is 0.850. The fraction of sp³-hybridized carbons (Fsp3) is 0.333. The minimum absolute atomic E-state index is 0.850. The Kier molecular flexibility index (Phi) is 5.61. The molecular weight excluding hydrogens is 195 g/mol. The van der Waals surface area contributed by atoms with Crippen LogP contribution in [-0.4, -0.2) is 5.75 Å². The molecule has 0 aliphatic carbocycles. The van der Waals surface area contributed by atoms with Crippen LogP contribution in [-0.2, 0) is 0 Å². The molecule has 0 aromatic carbocycles. The molecule has 0 aliphatic heterocycles. The number of rotatable bonds is 1. The Bertz CT molecular complexity index is 33.9. The van der Waals surface area contributed by atoms with E-state index < -0.39 is 0 Å². The van der Waals surface area contributed by atoms with Gasteiger partial charge in [0.2, 0.25) is 0 Å². The summed E-state index contributed by atoms with van der Waals surface area (Å²) in [5, 5.41) is 0. The van der Waals surface area contributed by atoms with Crippen molar-refractivity contribution in [3.8, 4) is 0 Å². The first kappa shape index (κ1) is 5.82. The van der Waals surface area contributed by atoms with Gasteiger partial charge in [0.25, 0.3) is 0 Å². The second kappa shape index (κ2) is 4.82. The number of thiol groups is 1. The van der Waals surface area contributed by atoms with Gasteiger partial charge in [0.05, 0.1) is 0 Å². The molecule has 0 fully saturated rings. The quantitative estimate of drug-likeness (QED) is 0.484. The van der Waals surface area contributed by atoms with Crippen LogP contribution in [0.2, 0.25) is 0 Å². The highest BCUT2D eigenvalue weighted by Crippen LogP contribution is 1.83. The summed E-state index contributed by atoms with van der Waals surface area (Å²) < 4.78 is 1.95. The summed E-state index contributed by atoms with van der Waals surface area (Å²) in [5.41, 5.74) is 0. The fourth-order valence-electron chi connectivity index (χ4n) is 0.0398. The SMILES string of the molecule is SCC=CI. The zero-order chi connectivity index (χ0) is 4.12. The summed E-state index contributed by atoms with van der Waals surface area (Å²) in [4.78, 5) is 0. The molecule has 0 bridgehead atoms. The molecule has 5 heavy (non-hydrogen) atoms. The predicted molar refractivity (Wildman–Crippen MR) is 37.0 cm³/mol. The molecule has 0 N–H and O–H groups in total. The Balaban J connectivity index is 2.62. The molecule has 0 aliphatic rings. The van der Waals surface area contributed by atoms with Gasteiger partial charge in [-0.1, -0.05) is 28.7 Å². The third kappa shape index (κ3) is 4.82. The average molecular weight is 200 g/mol. The second-order valence-corrected chi connectivity index (χ2v) is 1.63. The van der Waals surface area contributed by atoms with Crippen LogP contribution in [0.15, 0.2) is 10.2 Å². The molecule has 0 rings (SSSR count). The molecule has 0 nitrogen and oxygen atoms in total. The van der Waals surface area contributed by atoms with Gasteiger partial charge in [0.1, 0.15) is 0 Å². The van der Waals surface area contributed by atoms with E-state index in [1.807, 2.05) is 10.2 Å². The van der Waals surface area contributed by atoms with Crippen molar-refractivity contribution in [3.63, 3.8) is 0 Å². The van der Waals surface area contributed by atoms with Crippen molar-refractivity contribution in [1.82, 2.24) is 0 Å². The van der Waals surface area contributed by atoms with Gasteiger partial charge in [-0.3, -0.25) is 0 Å². The molecular formula is C3H5IS. The maximum atomic E-state index is 3.91. The topological polar surface area (TPSA) is 0 Å². The van der Waals surface area contributed by atoms with Crippen molar-refractivity contribution in [2.75, 3.05) is 5.75 Å². The van der Waals surface area contributed by atoms with E-state index in [9.17, 15) is 0 Å². The predicted octanol–water partition coefficient (Wildman–Crippen LogP) is 1.86. The molecule has 0 heterocycles. The average Bonchev–Trinajstić information content (AvgIpc) is 1.41. The van der Waals surface area contributed by atoms with E-state index in [4.69, 9.17) is 0 Å². The zero-order valence-corrected chi connectivity index (χ0v) is 5.74. The lowest BCUT2D eigenvalue weighted by Crippen LogP contribution is -1.48.